The first-order valence-electron chi connectivity index (χ1n) is 15.1. The minimum absolute atomic E-state index is 0.0198. The van der Waals surface area contributed by atoms with E-state index in [0.717, 1.165) is 24.1 Å². The standard InChI is InChI=1S/C32H41N3O8/c1-2-3-10-33(11-6-13-36)29(39)18-34-17-24(22-14-23(19-37)31-27(15-22)42-20-43-31)30(32(40)41)26(34)9-12-35-25-8-5-4-7-21(25)16-28(35)38/h4-5,7-8,14-15,24,26,30,36-37H,2-3,6,9-13,16-20H2,1H3,(H,40,41)/t24-,26+,30-/m1/s1. The minimum atomic E-state index is -0.982. The van der Waals surface area contributed by atoms with E-state index < -0.39 is 23.8 Å². The predicted molar refractivity (Wildman–Crippen MR) is 158 cm³/mol. The van der Waals surface area contributed by atoms with Gasteiger partial charge in [-0.2, -0.15) is 0 Å². The number of rotatable bonds is 14. The van der Waals surface area contributed by atoms with Crippen molar-refractivity contribution in [3.63, 3.8) is 0 Å². The number of carboxylic acid groups (broad SMARTS) is 1. The first-order valence-corrected chi connectivity index (χ1v) is 15.1. The summed E-state index contributed by atoms with van der Waals surface area (Å²) in [6.07, 6.45) is 2.90. The number of likely N-dealkylation sites (tertiary alicyclic amines) is 1. The Morgan fingerprint density at radius 1 is 1.09 bits per heavy atom. The molecule has 0 spiro atoms. The summed E-state index contributed by atoms with van der Waals surface area (Å²) in [5.74, 6) is -1.55. The molecule has 3 N–H and O–H groups in total. The first-order chi connectivity index (χ1) is 20.9. The number of hydrogen-bond donors (Lipinski definition) is 3. The second-order valence-electron chi connectivity index (χ2n) is 11.5. The van der Waals surface area contributed by atoms with Gasteiger partial charge >= 0.3 is 5.97 Å². The molecule has 2 aromatic carbocycles. The topological polar surface area (TPSA) is 140 Å². The number of anilines is 1. The van der Waals surface area contributed by atoms with E-state index in [9.17, 15) is 29.7 Å². The second-order valence-corrected chi connectivity index (χ2v) is 11.5. The Balaban J connectivity index is 1.45. The number of nitrogens with zero attached hydrogens (tertiary/aromatic N) is 3. The lowest BCUT2D eigenvalue weighted by Gasteiger charge is -2.31. The lowest BCUT2D eigenvalue weighted by atomic mass is 9.83. The molecule has 232 valence electrons. The SMILES string of the molecule is CCCCN(CCCO)C(=O)CN1C[C@H](c2cc(CO)c3c(c2)OCO3)[C@@H](C(=O)O)[C@@H]1CCN1C(=O)Cc2ccccc21. The van der Waals surface area contributed by atoms with Gasteiger partial charge in [0.1, 0.15) is 0 Å². The van der Waals surface area contributed by atoms with Crippen LogP contribution in [-0.2, 0) is 27.4 Å². The number of para-hydroxylation sites is 1. The molecular weight excluding hydrogens is 554 g/mol. The van der Waals surface area contributed by atoms with E-state index in [0.29, 0.717) is 68.1 Å². The van der Waals surface area contributed by atoms with Crippen molar-refractivity contribution in [2.45, 2.75) is 57.6 Å². The number of hydrogen-bond acceptors (Lipinski definition) is 8. The van der Waals surface area contributed by atoms with Gasteiger partial charge in [-0.15, -0.1) is 0 Å². The molecule has 0 radical (unpaired) electrons. The molecule has 0 unspecified atom stereocenters. The van der Waals surface area contributed by atoms with Gasteiger partial charge in [-0.25, -0.2) is 0 Å². The van der Waals surface area contributed by atoms with Crippen LogP contribution < -0.4 is 14.4 Å². The van der Waals surface area contributed by atoms with Crippen LogP contribution in [0.1, 0.15) is 55.2 Å². The Hall–Kier alpha value is -3.67. The Bertz CT molecular complexity index is 1330. The molecule has 0 bridgehead atoms. The number of carboxylic acids is 1. The largest absolute Gasteiger partial charge is 0.481 e. The molecule has 3 heterocycles. The number of ether oxygens (including phenoxy) is 2. The molecular formula is C32H41N3O8. The molecule has 11 nitrogen and oxygen atoms in total. The van der Waals surface area contributed by atoms with Crippen molar-refractivity contribution in [3.8, 4) is 11.5 Å². The average molecular weight is 596 g/mol. The maximum absolute atomic E-state index is 13.6. The number of aliphatic carboxylic acids is 1. The summed E-state index contributed by atoms with van der Waals surface area (Å²) >= 11 is 0. The smallest absolute Gasteiger partial charge is 0.308 e. The number of carbonyl (C=O) groups excluding carboxylic acids is 2. The molecule has 43 heavy (non-hydrogen) atoms. The fourth-order valence-electron chi connectivity index (χ4n) is 6.70. The van der Waals surface area contributed by atoms with Crippen LogP contribution in [0, 0.1) is 5.92 Å². The van der Waals surface area contributed by atoms with Gasteiger partial charge in [0, 0.05) is 56.0 Å². The van der Waals surface area contributed by atoms with E-state index >= 15 is 0 Å². The van der Waals surface area contributed by atoms with Crippen molar-refractivity contribution < 1.29 is 39.2 Å². The van der Waals surface area contributed by atoms with Gasteiger partial charge in [0.25, 0.3) is 0 Å². The van der Waals surface area contributed by atoms with Crippen LogP contribution >= 0.6 is 0 Å². The molecule has 0 saturated carbocycles. The van der Waals surface area contributed by atoms with Gasteiger partial charge in [-0.1, -0.05) is 31.5 Å². The van der Waals surface area contributed by atoms with Gasteiger partial charge in [0.15, 0.2) is 11.5 Å². The molecule has 0 aromatic heterocycles. The summed E-state index contributed by atoms with van der Waals surface area (Å²) < 4.78 is 11.1. The zero-order valence-electron chi connectivity index (χ0n) is 24.6. The molecule has 5 rings (SSSR count). The lowest BCUT2D eigenvalue weighted by molar-refractivity contribution is -0.143. The molecule has 3 aliphatic rings. The summed E-state index contributed by atoms with van der Waals surface area (Å²) in [5, 5.41) is 30.0. The number of aliphatic hydroxyl groups is 2. The highest BCUT2D eigenvalue weighted by Crippen LogP contribution is 2.45. The number of benzene rings is 2. The van der Waals surface area contributed by atoms with E-state index in [2.05, 4.69) is 6.92 Å². The van der Waals surface area contributed by atoms with Crippen LogP contribution in [0.25, 0.3) is 0 Å². The fourth-order valence-corrected chi connectivity index (χ4v) is 6.70. The molecule has 2 aromatic rings. The van der Waals surface area contributed by atoms with Crippen molar-refractivity contribution in [2.75, 3.05) is 51.0 Å². The average Bonchev–Trinajstić information content (AvgIpc) is 3.70. The Kier molecular flexibility index (Phi) is 9.84. The molecule has 3 aliphatic heterocycles. The molecule has 11 heteroatoms. The molecule has 1 saturated heterocycles. The minimum Gasteiger partial charge on any atom is -0.481 e. The number of fused-ring (bicyclic) bond motifs is 2. The summed E-state index contributed by atoms with van der Waals surface area (Å²) in [6.45, 7) is 3.44. The van der Waals surface area contributed by atoms with Crippen molar-refractivity contribution in [2.24, 2.45) is 5.92 Å². The highest BCUT2D eigenvalue weighted by Gasteiger charge is 2.48. The van der Waals surface area contributed by atoms with E-state index in [1.165, 1.54) is 0 Å². The maximum Gasteiger partial charge on any atom is 0.308 e. The van der Waals surface area contributed by atoms with Gasteiger partial charge in [0.2, 0.25) is 18.6 Å². The van der Waals surface area contributed by atoms with Crippen LogP contribution in [0.15, 0.2) is 36.4 Å². The number of aliphatic hydroxyl groups excluding tert-OH is 2. The zero-order valence-corrected chi connectivity index (χ0v) is 24.6. The van der Waals surface area contributed by atoms with Gasteiger partial charge in [0.05, 0.1) is 25.5 Å². The number of amides is 2. The molecule has 3 atom stereocenters. The van der Waals surface area contributed by atoms with E-state index in [4.69, 9.17) is 9.47 Å². The van der Waals surface area contributed by atoms with E-state index in [-0.39, 0.29) is 38.4 Å². The third-order valence-corrected chi connectivity index (χ3v) is 8.84. The summed E-state index contributed by atoms with van der Waals surface area (Å²) in [4.78, 5) is 44.9. The predicted octanol–water partition coefficient (Wildman–Crippen LogP) is 2.37. The highest BCUT2D eigenvalue weighted by atomic mass is 16.7. The van der Waals surface area contributed by atoms with Crippen LogP contribution in [0.4, 0.5) is 5.69 Å². The maximum atomic E-state index is 13.6. The van der Waals surface area contributed by atoms with E-state index in [1.807, 2.05) is 29.2 Å². The summed E-state index contributed by atoms with van der Waals surface area (Å²) in [7, 11) is 0. The van der Waals surface area contributed by atoms with Crippen LogP contribution in [0.3, 0.4) is 0 Å². The second kappa shape index (κ2) is 13.7. The summed E-state index contributed by atoms with van der Waals surface area (Å²) in [5.41, 5.74) is 3.02. The third-order valence-electron chi connectivity index (χ3n) is 8.84. The zero-order chi connectivity index (χ0) is 30.5. The summed E-state index contributed by atoms with van der Waals surface area (Å²) in [6, 6.07) is 10.6. The van der Waals surface area contributed by atoms with Crippen molar-refractivity contribution in [3.05, 3.63) is 53.1 Å². The number of unbranched alkanes of at least 4 members (excludes halogenated alkanes) is 1. The van der Waals surface area contributed by atoms with Crippen LogP contribution in [-0.4, -0.2) is 95.1 Å². The first kappa shape index (κ1) is 30.8. The van der Waals surface area contributed by atoms with Crippen molar-refractivity contribution in [1.29, 1.82) is 0 Å². The number of carbonyl (C=O) groups is 3. The van der Waals surface area contributed by atoms with Gasteiger partial charge in [-0.3, -0.25) is 19.3 Å². The monoisotopic (exact) mass is 595 g/mol. The lowest BCUT2D eigenvalue weighted by Crippen LogP contribution is -2.46. The Morgan fingerprint density at radius 2 is 1.88 bits per heavy atom. The quantitative estimate of drug-likeness (QED) is 0.300. The Labute approximate surface area is 251 Å². The van der Waals surface area contributed by atoms with Gasteiger partial charge in [-0.05, 0) is 48.6 Å². The van der Waals surface area contributed by atoms with Gasteiger partial charge < -0.3 is 34.6 Å². The normalized spacial score (nSPS) is 21.0. The third kappa shape index (κ3) is 6.48. The molecule has 1 fully saturated rings. The molecule has 0 aliphatic carbocycles. The van der Waals surface area contributed by atoms with Crippen LogP contribution in [0.5, 0.6) is 11.5 Å². The van der Waals surface area contributed by atoms with E-state index in [1.54, 1.807) is 21.9 Å². The van der Waals surface area contributed by atoms with Crippen LogP contribution in [0.2, 0.25) is 0 Å². The molecule has 2 amide bonds. The Morgan fingerprint density at radius 3 is 2.63 bits per heavy atom. The highest BCUT2D eigenvalue weighted by molar-refractivity contribution is 6.01. The fraction of sp³-hybridized carbons (Fsp3) is 0.531. The van der Waals surface area contributed by atoms with Crippen molar-refractivity contribution in [1.82, 2.24) is 9.80 Å². The van der Waals surface area contributed by atoms with Crippen molar-refractivity contribution >= 4 is 23.5 Å².